The molecule has 0 saturated heterocycles. The number of sulfonamides is 1. The van der Waals surface area contributed by atoms with E-state index in [0.29, 0.717) is 10.9 Å². The summed E-state index contributed by atoms with van der Waals surface area (Å²) in [6.07, 6.45) is 5.38. The van der Waals surface area contributed by atoms with Crippen molar-refractivity contribution in [3.05, 3.63) is 34.8 Å². The van der Waals surface area contributed by atoms with Crippen LogP contribution in [-0.4, -0.2) is 32.5 Å². The van der Waals surface area contributed by atoms with Gasteiger partial charge in [-0.25, -0.2) is 13.4 Å². The first-order chi connectivity index (χ1) is 12.9. The molecule has 1 atom stereocenters. The molecule has 0 radical (unpaired) electrons. The number of nitrogens with one attached hydrogen (secondary N) is 2. The number of ether oxygens (including phenoxy) is 1. The minimum Gasteiger partial charge on any atom is -0.497 e. The molecule has 0 spiro atoms. The zero-order valence-corrected chi connectivity index (χ0v) is 17.0. The first-order valence-electron chi connectivity index (χ1n) is 8.85. The summed E-state index contributed by atoms with van der Waals surface area (Å²) in [6, 6.07) is 5.05. The van der Waals surface area contributed by atoms with Crippen molar-refractivity contribution >= 4 is 32.4 Å². The van der Waals surface area contributed by atoms with Gasteiger partial charge in [-0.05, 0) is 56.9 Å². The summed E-state index contributed by atoms with van der Waals surface area (Å²) in [5, 5.41) is 3.26. The molecule has 9 heteroatoms. The SMILES string of the molecule is COc1ccc(S(=O)(=O)N[C@@H](C)C(=O)Nc2nc3c(s2)CCCCC3)cc1. The van der Waals surface area contributed by atoms with Gasteiger partial charge in [-0.15, -0.1) is 11.3 Å². The van der Waals surface area contributed by atoms with Crippen molar-refractivity contribution in [2.75, 3.05) is 12.4 Å². The Morgan fingerprint density at radius 3 is 2.59 bits per heavy atom. The summed E-state index contributed by atoms with van der Waals surface area (Å²) in [7, 11) is -2.31. The molecular formula is C18H23N3O4S2. The van der Waals surface area contributed by atoms with E-state index in [1.807, 2.05) is 0 Å². The Balaban J connectivity index is 1.64. The monoisotopic (exact) mass is 409 g/mol. The van der Waals surface area contributed by atoms with E-state index < -0.39 is 22.0 Å². The number of rotatable bonds is 6. The molecule has 3 rings (SSSR count). The molecule has 0 bridgehead atoms. The number of aromatic nitrogens is 1. The van der Waals surface area contributed by atoms with E-state index in [1.165, 1.54) is 48.8 Å². The second kappa shape index (κ2) is 8.37. The van der Waals surface area contributed by atoms with Crippen LogP contribution in [0.5, 0.6) is 5.75 Å². The van der Waals surface area contributed by atoms with Crippen LogP contribution in [0.2, 0.25) is 0 Å². The summed E-state index contributed by atoms with van der Waals surface area (Å²) in [5.74, 6) is 0.124. The Kier molecular flexibility index (Phi) is 6.13. The number of amides is 1. The molecule has 1 aliphatic rings. The highest BCUT2D eigenvalue weighted by molar-refractivity contribution is 7.89. The average Bonchev–Trinajstić information content (AvgIpc) is 2.89. The predicted molar refractivity (Wildman–Crippen MR) is 105 cm³/mol. The highest BCUT2D eigenvalue weighted by Gasteiger charge is 2.23. The molecule has 7 nitrogen and oxygen atoms in total. The first-order valence-corrected chi connectivity index (χ1v) is 11.1. The molecule has 0 fully saturated rings. The van der Waals surface area contributed by atoms with Gasteiger partial charge >= 0.3 is 0 Å². The zero-order chi connectivity index (χ0) is 19.4. The molecule has 1 aliphatic carbocycles. The number of carbonyl (C=O) groups is 1. The molecule has 0 saturated carbocycles. The molecule has 2 N–H and O–H groups in total. The third-order valence-electron chi connectivity index (χ3n) is 4.42. The Bertz CT molecular complexity index is 884. The van der Waals surface area contributed by atoms with Gasteiger partial charge in [-0.1, -0.05) is 6.42 Å². The maximum atomic E-state index is 12.5. The van der Waals surface area contributed by atoms with E-state index in [-0.39, 0.29) is 4.90 Å². The maximum Gasteiger partial charge on any atom is 0.244 e. The van der Waals surface area contributed by atoms with Gasteiger partial charge in [0.05, 0.1) is 23.7 Å². The fourth-order valence-electron chi connectivity index (χ4n) is 2.91. The van der Waals surface area contributed by atoms with Crippen LogP contribution in [0.25, 0.3) is 0 Å². The van der Waals surface area contributed by atoms with Gasteiger partial charge in [0.1, 0.15) is 5.75 Å². The first kappa shape index (κ1) is 19.8. The third kappa shape index (κ3) is 4.85. The maximum absolute atomic E-state index is 12.5. The van der Waals surface area contributed by atoms with Crippen LogP contribution < -0.4 is 14.8 Å². The Labute approximate surface area is 163 Å². The molecule has 146 valence electrons. The molecule has 27 heavy (non-hydrogen) atoms. The number of nitrogens with zero attached hydrogens (tertiary/aromatic N) is 1. The van der Waals surface area contributed by atoms with E-state index in [2.05, 4.69) is 15.0 Å². The van der Waals surface area contributed by atoms with Crippen LogP contribution in [0.3, 0.4) is 0 Å². The Hall–Kier alpha value is -1.97. The van der Waals surface area contributed by atoms with Crippen molar-refractivity contribution in [1.82, 2.24) is 9.71 Å². The highest BCUT2D eigenvalue weighted by atomic mass is 32.2. The zero-order valence-electron chi connectivity index (χ0n) is 15.3. The van der Waals surface area contributed by atoms with E-state index in [0.717, 1.165) is 31.4 Å². The number of anilines is 1. The Morgan fingerprint density at radius 2 is 1.89 bits per heavy atom. The highest BCUT2D eigenvalue weighted by Crippen LogP contribution is 2.29. The van der Waals surface area contributed by atoms with Crippen LogP contribution in [0.1, 0.15) is 36.8 Å². The van der Waals surface area contributed by atoms with Crippen molar-refractivity contribution in [3.8, 4) is 5.75 Å². The van der Waals surface area contributed by atoms with Crippen LogP contribution in [-0.2, 0) is 27.7 Å². The van der Waals surface area contributed by atoms with Crippen LogP contribution in [0.15, 0.2) is 29.2 Å². The minimum atomic E-state index is -3.81. The van der Waals surface area contributed by atoms with Crippen LogP contribution in [0, 0.1) is 0 Å². The molecule has 1 aromatic heterocycles. The van der Waals surface area contributed by atoms with Crippen molar-refractivity contribution in [1.29, 1.82) is 0 Å². The van der Waals surface area contributed by atoms with Gasteiger partial charge in [0.25, 0.3) is 0 Å². The average molecular weight is 410 g/mol. The van der Waals surface area contributed by atoms with Crippen molar-refractivity contribution in [2.24, 2.45) is 0 Å². The fraction of sp³-hybridized carbons (Fsp3) is 0.444. The van der Waals surface area contributed by atoms with Gasteiger partial charge in [0.2, 0.25) is 15.9 Å². The second-order valence-corrected chi connectivity index (χ2v) is 9.25. The quantitative estimate of drug-likeness (QED) is 0.715. The topological polar surface area (TPSA) is 97.4 Å². The van der Waals surface area contributed by atoms with E-state index in [1.54, 1.807) is 12.1 Å². The second-order valence-electron chi connectivity index (χ2n) is 6.46. The summed E-state index contributed by atoms with van der Waals surface area (Å²) in [4.78, 5) is 18.2. The molecule has 2 aromatic rings. The molecule has 1 aromatic carbocycles. The third-order valence-corrected chi connectivity index (χ3v) is 7.05. The van der Waals surface area contributed by atoms with Crippen molar-refractivity contribution in [2.45, 2.75) is 50.0 Å². The van der Waals surface area contributed by atoms with Crippen molar-refractivity contribution < 1.29 is 17.9 Å². The largest absolute Gasteiger partial charge is 0.497 e. The lowest BCUT2D eigenvalue weighted by atomic mass is 10.2. The van der Waals surface area contributed by atoms with Crippen molar-refractivity contribution in [3.63, 3.8) is 0 Å². The van der Waals surface area contributed by atoms with E-state index in [9.17, 15) is 13.2 Å². The molecular weight excluding hydrogens is 386 g/mol. The molecule has 1 heterocycles. The normalized spacial score (nSPS) is 15.5. The molecule has 1 amide bonds. The van der Waals surface area contributed by atoms with Gasteiger partial charge < -0.3 is 10.1 Å². The number of benzene rings is 1. The van der Waals surface area contributed by atoms with E-state index in [4.69, 9.17) is 4.74 Å². The molecule has 0 aliphatic heterocycles. The number of thiazole rings is 1. The summed E-state index contributed by atoms with van der Waals surface area (Å²) in [5.41, 5.74) is 1.05. The smallest absolute Gasteiger partial charge is 0.244 e. The fourth-order valence-corrected chi connectivity index (χ4v) is 5.16. The lowest BCUT2D eigenvalue weighted by Crippen LogP contribution is -2.41. The van der Waals surface area contributed by atoms with Crippen LogP contribution in [0.4, 0.5) is 5.13 Å². The van der Waals surface area contributed by atoms with Gasteiger partial charge in [-0.2, -0.15) is 4.72 Å². The number of aryl methyl sites for hydroxylation is 2. The lowest BCUT2D eigenvalue weighted by Gasteiger charge is -2.13. The van der Waals surface area contributed by atoms with Crippen LogP contribution >= 0.6 is 11.3 Å². The van der Waals surface area contributed by atoms with Gasteiger partial charge in [-0.3, -0.25) is 4.79 Å². The number of fused-ring (bicyclic) bond motifs is 1. The standard InChI is InChI=1S/C18H23N3O4S2/c1-12(21-27(23,24)14-10-8-13(25-2)9-11-14)17(22)20-18-19-15-6-4-3-5-7-16(15)26-18/h8-12,21H,3-7H2,1-2H3,(H,19,20,22)/t12-/m0/s1. The lowest BCUT2D eigenvalue weighted by molar-refractivity contribution is -0.117. The van der Waals surface area contributed by atoms with Gasteiger partial charge in [0.15, 0.2) is 5.13 Å². The minimum absolute atomic E-state index is 0.0731. The number of hydrogen-bond acceptors (Lipinski definition) is 6. The number of hydrogen-bond donors (Lipinski definition) is 2. The Morgan fingerprint density at radius 1 is 1.19 bits per heavy atom. The number of methoxy groups -OCH3 is 1. The summed E-state index contributed by atoms with van der Waals surface area (Å²) < 4.78 is 32.3. The predicted octanol–water partition coefficient (Wildman–Crippen LogP) is 2.73. The molecule has 0 unspecified atom stereocenters. The summed E-state index contributed by atoms with van der Waals surface area (Å²) >= 11 is 1.48. The van der Waals surface area contributed by atoms with E-state index >= 15 is 0 Å². The number of carbonyl (C=O) groups excluding carboxylic acids is 1. The summed E-state index contributed by atoms with van der Waals surface area (Å²) in [6.45, 7) is 1.51. The van der Waals surface area contributed by atoms with Gasteiger partial charge in [0, 0.05) is 4.88 Å².